The van der Waals surface area contributed by atoms with E-state index >= 15 is 0 Å². The number of rotatable bonds is 2. The van der Waals surface area contributed by atoms with E-state index in [4.69, 9.17) is 0 Å². The highest BCUT2D eigenvalue weighted by molar-refractivity contribution is 9.10. The first-order chi connectivity index (χ1) is 13.7. The number of likely N-dealkylation sites (tertiary alicyclic amines) is 1. The molecule has 0 aliphatic carbocycles. The van der Waals surface area contributed by atoms with Gasteiger partial charge in [0.15, 0.2) is 11.7 Å². The number of hydrogen-bond donors (Lipinski definition) is 1. The molecular formula is C19H22BrF3N4OS. The summed E-state index contributed by atoms with van der Waals surface area (Å²) in [6.45, 7) is 3.95. The van der Waals surface area contributed by atoms with Gasteiger partial charge in [0.1, 0.15) is 5.82 Å². The van der Waals surface area contributed by atoms with Crippen molar-refractivity contribution in [3.63, 3.8) is 0 Å². The Morgan fingerprint density at radius 3 is 2.59 bits per heavy atom. The highest BCUT2D eigenvalue weighted by Crippen LogP contribution is 2.47. The molecule has 2 aromatic heterocycles. The third-order valence-corrected chi connectivity index (χ3v) is 7.55. The zero-order chi connectivity index (χ0) is 20.9. The molecule has 4 unspecified atom stereocenters. The molecule has 4 atom stereocenters. The fourth-order valence-corrected chi connectivity index (χ4v) is 5.68. The van der Waals surface area contributed by atoms with E-state index < -0.39 is 18.3 Å². The number of aromatic nitrogens is 2. The number of amides is 1. The molecule has 2 aliphatic rings. The van der Waals surface area contributed by atoms with E-state index in [2.05, 4.69) is 26.3 Å². The van der Waals surface area contributed by atoms with Crippen LogP contribution in [0.25, 0.3) is 0 Å². The summed E-state index contributed by atoms with van der Waals surface area (Å²) in [5.41, 5.74) is 0.0363. The average molecular weight is 491 g/mol. The molecule has 0 aromatic carbocycles. The second kappa shape index (κ2) is 7.61. The van der Waals surface area contributed by atoms with E-state index in [1.807, 2.05) is 31.4 Å². The lowest BCUT2D eigenvalue weighted by molar-refractivity contribution is -0.173. The van der Waals surface area contributed by atoms with Crippen molar-refractivity contribution >= 4 is 39.0 Å². The van der Waals surface area contributed by atoms with Gasteiger partial charge < -0.3 is 10.2 Å². The quantitative estimate of drug-likeness (QED) is 0.581. The van der Waals surface area contributed by atoms with E-state index in [1.54, 1.807) is 4.90 Å². The van der Waals surface area contributed by atoms with Gasteiger partial charge in [0.25, 0.3) is 5.91 Å². The molecule has 0 radical (unpaired) electrons. The molecule has 0 bridgehead atoms. The number of piperidine rings is 1. The normalized spacial score (nSPS) is 27.4. The molecular weight excluding hydrogens is 469 g/mol. The van der Waals surface area contributed by atoms with Crippen molar-refractivity contribution < 1.29 is 18.0 Å². The Morgan fingerprint density at radius 2 is 2.00 bits per heavy atom. The van der Waals surface area contributed by atoms with Crippen molar-refractivity contribution in [2.24, 2.45) is 0 Å². The van der Waals surface area contributed by atoms with Crippen LogP contribution in [-0.2, 0) is 0 Å². The van der Waals surface area contributed by atoms with Crippen LogP contribution in [0, 0.1) is 0 Å². The van der Waals surface area contributed by atoms with Gasteiger partial charge in [0.2, 0.25) is 0 Å². The minimum atomic E-state index is -4.47. The van der Waals surface area contributed by atoms with Crippen molar-refractivity contribution in [1.82, 2.24) is 14.7 Å². The van der Waals surface area contributed by atoms with E-state index in [0.29, 0.717) is 4.47 Å². The molecule has 158 valence electrons. The van der Waals surface area contributed by atoms with Gasteiger partial charge in [-0.2, -0.15) is 18.3 Å². The van der Waals surface area contributed by atoms with Crippen molar-refractivity contribution in [3.05, 3.63) is 32.6 Å². The third-order valence-electron chi connectivity index (χ3n) is 5.81. The van der Waals surface area contributed by atoms with Crippen LogP contribution in [0.5, 0.6) is 0 Å². The number of carbonyl (C=O) groups is 1. The Kier molecular flexibility index (Phi) is 5.43. The van der Waals surface area contributed by atoms with Crippen molar-refractivity contribution in [1.29, 1.82) is 0 Å². The summed E-state index contributed by atoms with van der Waals surface area (Å²) in [7, 11) is 0. The number of hydrogen-bond acceptors (Lipinski definition) is 4. The van der Waals surface area contributed by atoms with Crippen LogP contribution in [0.1, 0.15) is 67.0 Å². The Balaban J connectivity index is 1.74. The largest absolute Gasteiger partial charge is 0.410 e. The maximum absolute atomic E-state index is 13.9. The molecule has 2 aliphatic heterocycles. The highest BCUT2D eigenvalue weighted by atomic mass is 79.9. The first-order valence-electron chi connectivity index (χ1n) is 9.65. The molecule has 1 amide bonds. The van der Waals surface area contributed by atoms with Crippen LogP contribution in [0.4, 0.5) is 19.0 Å². The van der Waals surface area contributed by atoms with Crippen LogP contribution in [0.3, 0.4) is 0 Å². The van der Waals surface area contributed by atoms with Gasteiger partial charge in [0, 0.05) is 23.4 Å². The van der Waals surface area contributed by atoms with E-state index in [1.165, 1.54) is 11.3 Å². The molecule has 10 heteroatoms. The molecule has 5 nitrogen and oxygen atoms in total. The molecule has 1 N–H and O–H groups in total. The SMILES string of the molecule is CC1CCCC(C)N1C(=O)c1nn2c(c1Br)NC(c1cccs1)CC2C(F)(F)F. The first-order valence-corrected chi connectivity index (χ1v) is 11.3. The summed E-state index contributed by atoms with van der Waals surface area (Å²) in [4.78, 5) is 15.8. The number of anilines is 1. The second-order valence-electron chi connectivity index (χ2n) is 7.80. The van der Waals surface area contributed by atoms with Gasteiger partial charge in [-0.15, -0.1) is 11.3 Å². The smallest absolute Gasteiger partial charge is 0.362 e. The predicted molar refractivity (Wildman–Crippen MR) is 109 cm³/mol. The topological polar surface area (TPSA) is 50.2 Å². The molecule has 29 heavy (non-hydrogen) atoms. The maximum atomic E-state index is 13.9. The summed E-state index contributed by atoms with van der Waals surface area (Å²) < 4.78 is 42.8. The maximum Gasteiger partial charge on any atom is 0.410 e. The summed E-state index contributed by atoms with van der Waals surface area (Å²) in [5, 5.41) is 9.16. The fraction of sp³-hybridized carbons (Fsp3) is 0.579. The molecule has 1 fully saturated rings. The Bertz CT molecular complexity index is 888. The minimum absolute atomic E-state index is 0.0297. The van der Waals surface area contributed by atoms with Crippen LogP contribution in [0.2, 0.25) is 0 Å². The predicted octanol–water partition coefficient (Wildman–Crippen LogP) is 5.77. The standard InChI is InChI=1S/C19H22BrF3N4OS/c1-10-5-3-6-11(2)26(10)18(28)16-15(20)17-24-12(13-7-4-8-29-13)9-14(19(21,22)23)27(17)25-16/h4,7-8,10-12,14,24H,3,5-6,9H2,1-2H3. The van der Waals surface area contributed by atoms with Crippen LogP contribution >= 0.6 is 27.3 Å². The second-order valence-corrected chi connectivity index (χ2v) is 9.57. The van der Waals surface area contributed by atoms with Crippen LogP contribution in [-0.4, -0.2) is 38.8 Å². The number of thiophene rings is 1. The molecule has 2 aromatic rings. The monoisotopic (exact) mass is 490 g/mol. The number of nitrogens with zero attached hydrogens (tertiary/aromatic N) is 3. The van der Waals surface area contributed by atoms with Gasteiger partial charge in [-0.25, -0.2) is 4.68 Å². The fourth-order valence-electron chi connectivity index (χ4n) is 4.35. The summed E-state index contributed by atoms with van der Waals surface area (Å²) in [6, 6.07) is 1.42. The lowest BCUT2D eigenvalue weighted by Gasteiger charge is -2.38. The van der Waals surface area contributed by atoms with Gasteiger partial charge in [0.05, 0.1) is 10.5 Å². The van der Waals surface area contributed by atoms with Crippen LogP contribution in [0.15, 0.2) is 22.0 Å². The first kappa shape index (κ1) is 20.7. The number of fused-ring (bicyclic) bond motifs is 1. The van der Waals surface area contributed by atoms with Crippen molar-refractivity contribution in [3.8, 4) is 0 Å². The number of halogens is 4. The van der Waals surface area contributed by atoms with Gasteiger partial charge in [-0.1, -0.05) is 6.07 Å². The van der Waals surface area contributed by atoms with Gasteiger partial charge >= 0.3 is 6.18 Å². The number of nitrogens with one attached hydrogen (secondary N) is 1. The minimum Gasteiger partial charge on any atom is -0.362 e. The van der Waals surface area contributed by atoms with E-state index in [-0.39, 0.29) is 35.9 Å². The Hall–Kier alpha value is -1.55. The summed E-state index contributed by atoms with van der Waals surface area (Å²) in [6.07, 6.45) is -1.84. The summed E-state index contributed by atoms with van der Waals surface area (Å²) >= 11 is 4.78. The van der Waals surface area contributed by atoms with Gasteiger partial charge in [-0.05, 0) is 60.5 Å². The van der Waals surface area contributed by atoms with E-state index in [0.717, 1.165) is 28.8 Å². The molecule has 0 saturated carbocycles. The van der Waals surface area contributed by atoms with E-state index in [9.17, 15) is 18.0 Å². The molecule has 1 saturated heterocycles. The lowest BCUT2D eigenvalue weighted by Crippen LogP contribution is -2.47. The highest BCUT2D eigenvalue weighted by Gasteiger charge is 2.48. The Labute approximate surface area is 179 Å². The molecule has 0 spiro atoms. The lowest BCUT2D eigenvalue weighted by atomic mass is 9.97. The van der Waals surface area contributed by atoms with Crippen molar-refractivity contribution in [2.75, 3.05) is 5.32 Å². The zero-order valence-corrected chi connectivity index (χ0v) is 18.4. The third kappa shape index (κ3) is 3.69. The van der Waals surface area contributed by atoms with Gasteiger partial charge in [-0.3, -0.25) is 4.79 Å². The Morgan fingerprint density at radius 1 is 1.31 bits per heavy atom. The number of alkyl halides is 3. The molecule has 4 heterocycles. The zero-order valence-electron chi connectivity index (χ0n) is 16.0. The van der Waals surface area contributed by atoms with Crippen molar-refractivity contribution in [2.45, 2.75) is 69.9 Å². The molecule has 4 rings (SSSR count). The summed E-state index contributed by atoms with van der Waals surface area (Å²) in [5.74, 6) is -0.119. The average Bonchev–Trinajstić information content (AvgIpc) is 3.28. The van der Waals surface area contributed by atoms with Crippen LogP contribution < -0.4 is 5.32 Å². The number of carbonyl (C=O) groups excluding carboxylic acids is 1.